The van der Waals surface area contributed by atoms with E-state index in [4.69, 9.17) is 5.26 Å². The van der Waals surface area contributed by atoms with Crippen molar-refractivity contribution in [2.24, 2.45) is 0 Å². The molecule has 9 heteroatoms. The normalized spacial score (nSPS) is 15.8. The number of nitrogens with one attached hydrogen (secondary N) is 1. The Labute approximate surface area is 176 Å². The van der Waals surface area contributed by atoms with Crippen LogP contribution in [-0.2, 0) is 12.7 Å². The summed E-state index contributed by atoms with van der Waals surface area (Å²) in [5, 5.41) is 16.5. The second-order valence-electron chi connectivity index (χ2n) is 7.47. The SMILES string of the molecule is Cc1cc(C#N)cc(C(=O)N[C@H]2CCCn3nc(-c4ccnc(C(F)(F)F)c4)cc32)c1. The van der Waals surface area contributed by atoms with Gasteiger partial charge in [-0.15, -0.1) is 0 Å². The van der Waals surface area contributed by atoms with Crippen LogP contribution < -0.4 is 5.32 Å². The van der Waals surface area contributed by atoms with Crippen LogP contribution >= 0.6 is 0 Å². The van der Waals surface area contributed by atoms with Crippen molar-refractivity contribution in [1.82, 2.24) is 20.1 Å². The first-order valence-electron chi connectivity index (χ1n) is 9.68. The van der Waals surface area contributed by atoms with E-state index in [2.05, 4.69) is 15.4 Å². The van der Waals surface area contributed by atoms with Crippen molar-refractivity contribution in [3.8, 4) is 17.3 Å². The highest BCUT2D eigenvalue weighted by atomic mass is 19.4. The minimum Gasteiger partial charge on any atom is -0.344 e. The van der Waals surface area contributed by atoms with Crippen molar-refractivity contribution in [2.75, 3.05) is 0 Å². The lowest BCUT2D eigenvalue weighted by molar-refractivity contribution is -0.141. The number of benzene rings is 1. The van der Waals surface area contributed by atoms with Gasteiger partial charge < -0.3 is 5.32 Å². The third-order valence-electron chi connectivity index (χ3n) is 5.15. The minimum absolute atomic E-state index is 0.312. The molecule has 1 aliphatic rings. The number of fused-ring (bicyclic) bond motifs is 1. The number of carbonyl (C=O) groups is 1. The molecule has 0 radical (unpaired) electrons. The van der Waals surface area contributed by atoms with Gasteiger partial charge >= 0.3 is 6.18 Å². The van der Waals surface area contributed by atoms with E-state index >= 15 is 0 Å². The van der Waals surface area contributed by atoms with Crippen LogP contribution in [0.4, 0.5) is 13.2 Å². The Balaban J connectivity index is 1.61. The standard InChI is InChI=1S/C22H18F3N5O/c1-13-7-14(12-26)9-16(8-13)21(31)28-17-3-2-6-30-19(17)11-18(29-30)15-4-5-27-20(10-15)22(23,24)25/h4-5,7-11,17H,2-3,6H2,1H3,(H,28,31)/t17-/m0/s1. The van der Waals surface area contributed by atoms with Gasteiger partial charge in [-0.3, -0.25) is 14.5 Å². The van der Waals surface area contributed by atoms with Crippen LogP contribution in [0.5, 0.6) is 0 Å². The van der Waals surface area contributed by atoms with Crippen molar-refractivity contribution >= 4 is 5.91 Å². The van der Waals surface area contributed by atoms with E-state index in [1.807, 2.05) is 13.0 Å². The summed E-state index contributed by atoms with van der Waals surface area (Å²) < 4.78 is 40.7. The fourth-order valence-corrected chi connectivity index (χ4v) is 3.74. The molecule has 0 spiro atoms. The van der Waals surface area contributed by atoms with Crippen LogP contribution in [0.1, 0.15) is 51.8 Å². The monoisotopic (exact) mass is 425 g/mol. The zero-order chi connectivity index (χ0) is 22.2. The van der Waals surface area contributed by atoms with Gasteiger partial charge in [-0.25, -0.2) is 0 Å². The van der Waals surface area contributed by atoms with E-state index < -0.39 is 11.9 Å². The summed E-state index contributed by atoms with van der Waals surface area (Å²) in [6.07, 6.45) is -1.99. The number of aromatic nitrogens is 3. The van der Waals surface area contributed by atoms with Crippen molar-refractivity contribution < 1.29 is 18.0 Å². The average Bonchev–Trinajstić information content (AvgIpc) is 3.18. The maximum Gasteiger partial charge on any atom is 0.433 e. The Bertz CT molecular complexity index is 1190. The summed E-state index contributed by atoms with van der Waals surface area (Å²) >= 11 is 0. The van der Waals surface area contributed by atoms with Gasteiger partial charge in [-0.05, 0) is 61.7 Å². The summed E-state index contributed by atoms with van der Waals surface area (Å²) in [5.74, 6) is -0.315. The first-order valence-corrected chi connectivity index (χ1v) is 9.68. The van der Waals surface area contributed by atoms with Gasteiger partial charge in [0.15, 0.2) is 0 Å². The van der Waals surface area contributed by atoms with Crippen LogP contribution in [-0.4, -0.2) is 20.7 Å². The van der Waals surface area contributed by atoms with Gasteiger partial charge in [0.05, 0.1) is 29.1 Å². The molecule has 3 heterocycles. The molecule has 2 aromatic heterocycles. The van der Waals surface area contributed by atoms with Crippen LogP contribution in [0.25, 0.3) is 11.3 Å². The number of halogens is 3. The Morgan fingerprint density at radius 1 is 1.26 bits per heavy atom. The Morgan fingerprint density at radius 2 is 2.06 bits per heavy atom. The van der Waals surface area contributed by atoms with Gasteiger partial charge in [-0.2, -0.15) is 23.5 Å². The fourth-order valence-electron chi connectivity index (χ4n) is 3.74. The molecular weight excluding hydrogens is 407 g/mol. The molecule has 0 aliphatic carbocycles. The number of aryl methyl sites for hydroxylation is 2. The predicted octanol–water partition coefficient (Wildman–Crippen LogP) is 4.41. The van der Waals surface area contributed by atoms with E-state index in [1.54, 1.807) is 22.9 Å². The maximum atomic E-state index is 13.0. The second kappa shape index (κ2) is 7.87. The molecule has 4 rings (SSSR count). The predicted molar refractivity (Wildman–Crippen MR) is 106 cm³/mol. The van der Waals surface area contributed by atoms with E-state index in [1.165, 1.54) is 12.1 Å². The summed E-state index contributed by atoms with van der Waals surface area (Å²) in [6.45, 7) is 2.42. The molecule has 0 saturated heterocycles. The van der Waals surface area contributed by atoms with Crippen LogP contribution in [0.3, 0.4) is 0 Å². The highest BCUT2D eigenvalue weighted by molar-refractivity contribution is 5.95. The highest BCUT2D eigenvalue weighted by Gasteiger charge is 2.33. The molecular formula is C22H18F3N5O. The quantitative estimate of drug-likeness (QED) is 0.674. The molecule has 0 bridgehead atoms. The number of hydrogen-bond acceptors (Lipinski definition) is 4. The zero-order valence-corrected chi connectivity index (χ0v) is 16.6. The lowest BCUT2D eigenvalue weighted by Crippen LogP contribution is -2.32. The van der Waals surface area contributed by atoms with Gasteiger partial charge in [0, 0.05) is 23.9 Å². The number of rotatable bonds is 3. The summed E-state index contributed by atoms with van der Waals surface area (Å²) in [4.78, 5) is 16.2. The molecule has 1 aliphatic heterocycles. The molecule has 3 aromatic rings. The largest absolute Gasteiger partial charge is 0.433 e. The molecule has 158 valence electrons. The van der Waals surface area contributed by atoms with Gasteiger partial charge in [0.25, 0.3) is 5.91 Å². The number of nitriles is 1. The third kappa shape index (κ3) is 4.28. The summed E-state index contributed by atoms with van der Waals surface area (Å²) in [6, 6.07) is 10.8. The molecule has 1 atom stereocenters. The smallest absolute Gasteiger partial charge is 0.344 e. The van der Waals surface area contributed by atoms with Crippen molar-refractivity contribution in [1.29, 1.82) is 5.26 Å². The average molecular weight is 425 g/mol. The van der Waals surface area contributed by atoms with Crippen LogP contribution in [0, 0.1) is 18.3 Å². The zero-order valence-electron chi connectivity index (χ0n) is 16.6. The third-order valence-corrected chi connectivity index (χ3v) is 5.15. The Kier molecular flexibility index (Phi) is 5.23. The lowest BCUT2D eigenvalue weighted by atomic mass is 10.0. The molecule has 1 amide bonds. The Morgan fingerprint density at radius 3 is 2.81 bits per heavy atom. The number of carbonyl (C=O) groups excluding carboxylic acids is 1. The van der Waals surface area contributed by atoms with Crippen LogP contribution in [0.15, 0.2) is 42.6 Å². The first-order chi connectivity index (χ1) is 14.7. The van der Waals surface area contributed by atoms with Crippen molar-refractivity contribution in [3.63, 3.8) is 0 Å². The number of nitrogens with zero attached hydrogens (tertiary/aromatic N) is 4. The molecule has 1 N–H and O–H groups in total. The summed E-state index contributed by atoms with van der Waals surface area (Å²) in [5.41, 5.74) is 2.05. The highest BCUT2D eigenvalue weighted by Crippen LogP contribution is 2.33. The molecule has 0 unspecified atom stereocenters. The summed E-state index contributed by atoms with van der Waals surface area (Å²) in [7, 11) is 0. The fraction of sp³-hybridized carbons (Fsp3) is 0.273. The van der Waals surface area contributed by atoms with E-state index in [-0.39, 0.29) is 11.9 Å². The molecule has 6 nitrogen and oxygen atoms in total. The van der Waals surface area contributed by atoms with Crippen LogP contribution in [0.2, 0.25) is 0 Å². The van der Waals surface area contributed by atoms with Gasteiger partial charge in [0.1, 0.15) is 5.69 Å². The number of pyridine rings is 1. The minimum atomic E-state index is -4.54. The van der Waals surface area contributed by atoms with Crippen molar-refractivity contribution in [3.05, 3.63) is 70.7 Å². The molecule has 0 fully saturated rings. The van der Waals surface area contributed by atoms with Gasteiger partial charge in [-0.1, -0.05) is 0 Å². The van der Waals surface area contributed by atoms with E-state index in [0.717, 1.165) is 29.9 Å². The van der Waals surface area contributed by atoms with Gasteiger partial charge in [0.2, 0.25) is 0 Å². The van der Waals surface area contributed by atoms with E-state index in [0.29, 0.717) is 35.3 Å². The molecule has 1 aromatic carbocycles. The second-order valence-corrected chi connectivity index (χ2v) is 7.47. The molecule has 0 saturated carbocycles. The first kappa shape index (κ1) is 20.6. The number of amides is 1. The maximum absolute atomic E-state index is 13.0. The number of hydrogen-bond donors (Lipinski definition) is 1. The topological polar surface area (TPSA) is 83.6 Å². The Hall–Kier alpha value is -3.67. The molecule has 31 heavy (non-hydrogen) atoms. The number of alkyl halides is 3. The lowest BCUT2D eigenvalue weighted by Gasteiger charge is -2.24. The van der Waals surface area contributed by atoms with E-state index in [9.17, 15) is 18.0 Å². The van der Waals surface area contributed by atoms with Crippen molar-refractivity contribution in [2.45, 2.75) is 38.5 Å².